The second-order valence-corrected chi connectivity index (χ2v) is 9.42. The lowest BCUT2D eigenvalue weighted by molar-refractivity contribution is -0.0946. The number of hydrogen-bond acceptors (Lipinski definition) is 12. The number of anilines is 2. The molecule has 10 N–H and O–H groups in total. The molecule has 1 aliphatic heterocycles. The van der Waals surface area contributed by atoms with Crippen molar-refractivity contribution in [1.82, 2.24) is 14.5 Å². The average Bonchev–Trinajstić information content (AvgIpc) is 3.08. The van der Waals surface area contributed by atoms with Gasteiger partial charge in [-0.05, 0) is 6.92 Å². The van der Waals surface area contributed by atoms with Crippen LogP contribution in [0.25, 0.3) is 11.0 Å². The second-order valence-electron chi connectivity index (χ2n) is 6.59. The summed E-state index contributed by atoms with van der Waals surface area (Å²) in [6.07, 6.45) is -1.77. The predicted octanol–water partition coefficient (Wildman–Crippen LogP) is -1.47. The number of phosphoric ester groups is 1. The standard InChI is InChI=1S/C12H20N6O10P2/c1-12(20)8(19)6(3-26-30(24,25)28-29(21,22)23)27-11(12)18-2-5(17-14)7-9(13)15-4-16-10(7)18/h2,4,6,8,11,17,19-20H,3,14H2,1H3,(H,24,25)(H2,13,15,16)(H2,21,22,23)/t6-,8-,11-,12-/m1/s1. The number of phosphoric acid groups is 2. The van der Waals surface area contributed by atoms with E-state index in [0.717, 1.165) is 6.33 Å². The minimum Gasteiger partial charge on any atom is -0.387 e. The van der Waals surface area contributed by atoms with Crippen molar-refractivity contribution in [2.45, 2.75) is 31.0 Å². The van der Waals surface area contributed by atoms with Gasteiger partial charge in [0.15, 0.2) is 6.23 Å². The van der Waals surface area contributed by atoms with E-state index < -0.39 is 46.3 Å². The van der Waals surface area contributed by atoms with Crippen LogP contribution < -0.4 is 17.0 Å². The van der Waals surface area contributed by atoms with Crippen LogP contribution in [0.5, 0.6) is 0 Å². The van der Waals surface area contributed by atoms with E-state index in [9.17, 15) is 24.2 Å². The fourth-order valence-corrected chi connectivity index (χ4v) is 4.70. The maximum absolute atomic E-state index is 11.6. The Labute approximate surface area is 168 Å². The number of aromatic nitrogens is 3. The van der Waals surface area contributed by atoms with Crippen molar-refractivity contribution in [3.05, 3.63) is 12.5 Å². The molecular formula is C12H20N6O10P2. The molecule has 0 radical (unpaired) electrons. The maximum atomic E-state index is 11.6. The fraction of sp³-hybridized carbons (Fsp3) is 0.500. The van der Waals surface area contributed by atoms with E-state index >= 15 is 0 Å². The summed E-state index contributed by atoms with van der Waals surface area (Å²) in [7, 11) is -10.5. The predicted molar refractivity (Wildman–Crippen MR) is 99.2 cm³/mol. The first kappa shape index (κ1) is 23.0. The molecule has 1 saturated heterocycles. The van der Waals surface area contributed by atoms with Gasteiger partial charge in [-0.25, -0.2) is 19.1 Å². The number of aliphatic hydroxyl groups excluding tert-OH is 1. The van der Waals surface area contributed by atoms with Gasteiger partial charge >= 0.3 is 15.6 Å². The molecule has 0 saturated carbocycles. The summed E-state index contributed by atoms with van der Waals surface area (Å²) >= 11 is 0. The van der Waals surface area contributed by atoms with Gasteiger partial charge in [-0.1, -0.05) is 0 Å². The smallest absolute Gasteiger partial charge is 0.387 e. The van der Waals surface area contributed by atoms with Gasteiger partial charge in [-0.15, -0.1) is 0 Å². The highest BCUT2D eigenvalue weighted by atomic mass is 31.3. The summed E-state index contributed by atoms with van der Waals surface area (Å²) in [5.74, 6) is 5.57. The molecular weight excluding hydrogens is 450 g/mol. The van der Waals surface area contributed by atoms with E-state index in [2.05, 4.69) is 24.2 Å². The van der Waals surface area contributed by atoms with Crippen molar-refractivity contribution >= 4 is 38.2 Å². The lowest BCUT2D eigenvalue weighted by Crippen LogP contribution is -2.44. The van der Waals surface area contributed by atoms with Gasteiger partial charge in [0.1, 0.15) is 35.6 Å². The number of hydrazine groups is 1. The van der Waals surface area contributed by atoms with Gasteiger partial charge in [-0.2, -0.15) is 4.31 Å². The zero-order valence-electron chi connectivity index (χ0n) is 15.3. The highest BCUT2D eigenvalue weighted by molar-refractivity contribution is 7.60. The van der Waals surface area contributed by atoms with Crippen LogP contribution in [0.3, 0.4) is 0 Å². The highest BCUT2D eigenvalue weighted by Gasteiger charge is 2.54. The molecule has 18 heteroatoms. The SMILES string of the molecule is C[C@@]1(O)[C@H](O)[C@@H](COP(=O)(O)OP(=O)(O)O)O[C@H]1n1cc(NN)c2c(N)ncnc21. The van der Waals surface area contributed by atoms with Gasteiger partial charge < -0.3 is 45.4 Å². The Morgan fingerprint density at radius 1 is 1.37 bits per heavy atom. The molecule has 0 spiro atoms. The van der Waals surface area contributed by atoms with Crippen molar-refractivity contribution in [2.75, 3.05) is 17.8 Å². The minimum atomic E-state index is -5.32. The molecule has 3 heterocycles. The molecule has 30 heavy (non-hydrogen) atoms. The molecule has 0 aliphatic carbocycles. The van der Waals surface area contributed by atoms with Crippen molar-refractivity contribution in [3.8, 4) is 0 Å². The monoisotopic (exact) mass is 470 g/mol. The lowest BCUT2D eigenvalue weighted by atomic mass is 9.96. The van der Waals surface area contributed by atoms with Crippen molar-refractivity contribution in [3.63, 3.8) is 0 Å². The van der Waals surface area contributed by atoms with Gasteiger partial charge in [0, 0.05) is 6.20 Å². The van der Waals surface area contributed by atoms with E-state index in [1.165, 1.54) is 17.7 Å². The molecule has 1 aliphatic rings. The number of fused-ring (bicyclic) bond motifs is 1. The summed E-state index contributed by atoms with van der Waals surface area (Å²) in [5.41, 5.74) is 6.78. The largest absolute Gasteiger partial charge is 0.481 e. The van der Waals surface area contributed by atoms with Crippen LogP contribution in [0.2, 0.25) is 0 Å². The fourth-order valence-electron chi connectivity index (χ4n) is 3.10. The number of ether oxygens (including phenoxy) is 1. The molecule has 168 valence electrons. The highest BCUT2D eigenvalue weighted by Crippen LogP contribution is 2.58. The number of nitrogens with zero attached hydrogens (tertiary/aromatic N) is 3. The number of aliphatic hydroxyl groups is 2. The Morgan fingerprint density at radius 2 is 2.03 bits per heavy atom. The number of hydrogen-bond donors (Lipinski definition) is 8. The molecule has 1 unspecified atom stereocenters. The van der Waals surface area contributed by atoms with Crippen LogP contribution in [0.1, 0.15) is 13.2 Å². The van der Waals surface area contributed by atoms with E-state index in [4.69, 9.17) is 26.1 Å². The first-order chi connectivity index (χ1) is 13.8. The molecule has 5 atom stereocenters. The zero-order chi connectivity index (χ0) is 22.5. The van der Waals surface area contributed by atoms with Gasteiger partial charge in [0.2, 0.25) is 0 Å². The molecule has 3 rings (SSSR count). The number of rotatable bonds is 7. The molecule has 0 amide bonds. The molecule has 0 aromatic carbocycles. The Hall–Kier alpha value is -1.68. The summed E-state index contributed by atoms with van der Waals surface area (Å²) in [5, 5.41) is 21.6. The lowest BCUT2D eigenvalue weighted by Gasteiger charge is -2.27. The van der Waals surface area contributed by atoms with Crippen LogP contribution in [-0.4, -0.2) is 63.8 Å². The van der Waals surface area contributed by atoms with Crippen LogP contribution in [0.15, 0.2) is 12.5 Å². The maximum Gasteiger partial charge on any atom is 0.481 e. The number of nitrogens with two attached hydrogens (primary N) is 2. The van der Waals surface area contributed by atoms with E-state index in [-0.39, 0.29) is 11.5 Å². The molecule has 2 aromatic heterocycles. The normalized spacial score (nSPS) is 29.2. The first-order valence-electron chi connectivity index (χ1n) is 8.14. The van der Waals surface area contributed by atoms with E-state index in [0.29, 0.717) is 11.1 Å². The summed E-state index contributed by atoms with van der Waals surface area (Å²) in [4.78, 5) is 34.6. The second kappa shape index (κ2) is 7.78. The van der Waals surface area contributed by atoms with E-state index in [1.54, 1.807) is 0 Å². The number of nitrogen functional groups attached to an aromatic ring is 2. The van der Waals surface area contributed by atoms with Gasteiger partial charge in [0.05, 0.1) is 17.7 Å². The van der Waals surface area contributed by atoms with Crippen molar-refractivity contribution in [1.29, 1.82) is 0 Å². The minimum absolute atomic E-state index is 0.0839. The quantitative estimate of drug-likeness (QED) is 0.131. The Kier molecular flexibility index (Phi) is 5.96. The number of nitrogens with one attached hydrogen (secondary N) is 1. The first-order valence-corrected chi connectivity index (χ1v) is 11.2. The van der Waals surface area contributed by atoms with Crippen LogP contribution >= 0.6 is 15.6 Å². The summed E-state index contributed by atoms with van der Waals surface area (Å²) < 4.78 is 37.4. The van der Waals surface area contributed by atoms with Crippen LogP contribution in [-0.2, 0) is 22.7 Å². The Morgan fingerprint density at radius 3 is 2.63 bits per heavy atom. The Bertz CT molecular complexity index is 1040. The van der Waals surface area contributed by atoms with E-state index in [1.807, 2.05) is 0 Å². The van der Waals surface area contributed by atoms with Gasteiger partial charge in [-0.3, -0.25) is 10.4 Å². The van der Waals surface area contributed by atoms with Gasteiger partial charge in [0.25, 0.3) is 0 Å². The third-order valence-corrected chi connectivity index (χ3v) is 6.56. The Balaban J connectivity index is 1.88. The molecule has 16 nitrogen and oxygen atoms in total. The summed E-state index contributed by atoms with van der Waals surface area (Å²) in [6.45, 7) is 0.388. The molecule has 0 bridgehead atoms. The zero-order valence-corrected chi connectivity index (χ0v) is 17.1. The topological polar surface area (TPSA) is 258 Å². The third kappa shape index (κ3) is 4.34. The van der Waals surface area contributed by atoms with Crippen molar-refractivity contribution < 1.29 is 47.6 Å². The third-order valence-electron chi connectivity index (χ3n) is 4.41. The summed E-state index contributed by atoms with van der Waals surface area (Å²) in [6, 6.07) is 0. The van der Waals surface area contributed by atoms with Crippen LogP contribution in [0.4, 0.5) is 11.5 Å². The molecule has 1 fully saturated rings. The average molecular weight is 470 g/mol. The van der Waals surface area contributed by atoms with Crippen molar-refractivity contribution in [2.24, 2.45) is 5.84 Å². The van der Waals surface area contributed by atoms with Crippen LogP contribution in [0, 0.1) is 0 Å². The molecule has 2 aromatic rings.